The van der Waals surface area contributed by atoms with Crippen molar-refractivity contribution in [2.75, 3.05) is 7.11 Å². The van der Waals surface area contributed by atoms with Gasteiger partial charge in [-0.3, -0.25) is 0 Å². The molecule has 0 amide bonds. The minimum atomic E-state index is -0.963. The highest BCUT2D eigenvalue weighted by Crippen LogP contribution is 2.38. The Morgan fingerprint density at radius 3 is 2.65 bits per heavy atom. The number of aromatic nitrogens is 2. The quantitative estimate of drug-likeness (QED) is 0.896. The van der Waals surface area contributed by atoms with Crippen molar-refractivity contribution in [2.45, 2.75) is 57.5 Å². The number of carboxylic acids is 1. The van der Waals surface area contributed by atoms with Gasteiger partial charge in [-0.15, -0.1) is 0 Å². The molecule has 1 heterocycles. The summed E-state index contributed by atoms with van der Waals surface area (Å²) in [5.74, 6) is -0.316. The molecular weight excluding hydrogens is 256 g/mol. The van der Waals surface area contributed by atoms with Crippen LogP contribution in [0.2, 0.25) is 0 Å². The molecule has 0 saturated heterocycles. The molecule has 1 aliphatic carbocycles. The van der Waals surface area contributed by atoms with Crippen LogP contribution >= 0.6 is 0 Å². The second-order valence-electron chi connectivity index (χ2n) is 5.37. The van der Waals surface area contributed by atoms with Crippen LogP contribution in [0.5, 0.6) is 0 Å². The van der Waals surface area contributed by atoms with Crippen molar-refractivity contribution < 1.29 is 14.6 Å². The van der Waals surface area contributed by atoms with Crippen molar-refractivity contribution in [1.82, 2.24) is 9.97 Å². The summed E-state index contributed by atoms with van der Waals surface area (Å²) in [5, 5.41) is 9.20. The van der Waals surface area contributed by atoms with Crippen LogP contribution in [0.1, 0.15) is 67.3 Å². The van der Waals surface area contributed by atoms with E-state index in [0.29, 0.717) is 17.9 Å². The summed E-state index contributed by atoms with van der Waals surface area (Å²) in [4.78, 5) is 20.0. The fourth-order valence-electron chi connectivity index (χ4n) is 2.88. The molecule has 0 aromatic carbocycles. The maximum Gasteiger partial charge on any atom is 0.339 e. The maximum atomic E-state index is 11.2. The second kappa shape index (κ2) is 6.31. The molecule has 110 valence electrons. The van der Waals surface area contributed by atoms with Gasteiger partial charge in [-0.1, -0.05) is 32.6 Å². The van der Waals surface area contributed by atoms with Gasteiger partial charge in [0.25, 0.3) is 0 Å². The van der Waals surface area contributed by atoms with Crippen LogP contribution in [-0.2, 0) is 16.8 Å². The van der Waals surface area contributed by atoms with Crippen LogP contribution in [0.4, 0.5) is 0 Å². The minimum Gasteiger partial charge on any atom is -0.478 e. The van der Waals surface area contributed by atoms with Gasteiger partial charge in [0.1, 0.15) is 5.60 Å². The number of carbonyl (C=O) groups is 1. The summed E-state index contributed by atoms with van der Waals surface area (Å²) in [7, 11) is 1.69. The standard InChI is InChI=1S/C15H22N2O3/c1-3-7-12-11(13(18)19)10-16-14(17-12)15(20-2)8-5-4-6-9-15/h10H,3-9H2,1-2H3,(H,18,19). The summed E-state index contributed by atoms with van der Waals surface area (Å²) in [6.45, 7) is 2.01. The third kappa shape index (κ3) is 2.82. The summed E-state index contributed by atoms with van der Waals surface area (Å²) in [6.07, 6.45) is 8.16. The minimum absolute atomic E-state index is 0.206. The van der Waals surface area contributed by atoms with Crippen molar-refractivity contribution in [3.05, 3.63) is 23.3 Å². The van der Waals surface area contributed by atoms with Crippen LogP contribution in [0, 0.1) is 0 Å². The molecule has 1 aromatic heterocycles. The molecule has 0 aliphatic heterocycles. The van der Waals surface area contributed by atoms with Crippen molar-refractivity contribution in [2.24, 2.45) is 0 Å². The molecule has 5 heteroatoms. The molecule has 1 aliphatic rings. The average molecular weight is 278 g/mol. The molecule has 1 aromatic rings. The van der Waals surface area contributed by atoms with Crippen molar-refractivity contribution in [3.8, 4) is 0 Å². The molecule has 1 saturated carbocycles. The van der Waals surface area contributed by atoms with Gasteiger partial charge in [0.2, 0.25) is 0 Å². The number of aromatic carboxylic acids is 1. The summed E-state index contributed by atoms with van der Waals surface area (Å²) in [6, 6.07) is 0. The number of carboxylic acid groups (broad SMARTS) is 1. The van der Waals surface area contributed by atoms with Crippen LogP contribution in [0.15, 0.2) is 6.20 Å². The van der Waals surface area contributed by atoms with Crippen molar-refractivity contribution >= 4 is 5.97 Å². The Morgan fingerprint density at radius 1 is 1.40 bits per heavy atom. The van der Waals surface area contributed by atoms with E-state index in [4.69, 9.17) is 4.74 Å². The van der Waals surface area contributed by atoms with Gasteiger partial charge in [0, 0.05) is 13.3 Å². The van der Waals surface area contributed by atoms with Gasteiger partial charge in [-0.05, 0) is 19.3 Å². The predicted octanol–water partition coefficient (Wildman–Crippen LogP) is 2.93. The predicted molar refractivity (Wildman–Crippen MR) is 74.8 cm³/mol. The van der Waals surface area contributed by atoms with Gasteiger partial charge >= 0.3 is 5.97 Å². The summed E-state index contributed by atoms with van der Waals surface area (Å²) >= 11 is 0. The van der Waals surface area contributed by atoms with E-state index in [9.17, 15) is 9.90 Å². The maximum absolute atomic E-state index is 11.2. The Balaban J connectivity index is 2.40. The first-order valence-electron chi connectivity index (χ1n) is 7.28. The lowest BCUT2D eigenvalue weighted by Crippen LogP contribution is -2.34. The first-order valence-corrected chi connectivity index (χ1v) is 7.28. The lowest BCUT2D eigenvalue weighted by atomic mass is 9.83. The highest BCUT2D eigenvalue weighted by molar-refractivity contribution is 5.88. The molecule has 0 bridgehead atoms. The van der Waals surface area contributed by atoms with E-state index >= 15 is 0 Å². The number of methoxy groups -OCH3 is 1. The van der Waals surface area contributed by atoms with E-state index in [1.165, 1.54) is 12.6 Å². The highest BCUT2D eigenvalue weighted by atomic mass is 16.5. The number of aryl methyl sites for hydroxylation is 1. The molecule has 0 radical (unpaired) electrons. The summed E-state index contributed by atoms with van der Waals surface area (Å²) in [5.41, 5.74) is 0.391. The van der Waals surface area contributed by atoms with E-state index in [0.717, 1.165) is 32.1 Å². The molecule has 20 heavy (non-hydrogen) atoms. The molecular formula is C15H22N2O3. The lowest BCUT2D eigenvalue weighted by molar-refractivity contribution is -0.0517. The Labute approximate surface area is 119 Å². The molecule has 0 atom stereocenters. The smallest absolute Gasteiger partial charge is 0.339 e. The Hall–Kier alpha value is -1.49. The molecule has 1 fully saturated rings. The normalized spacial score (nSPS) is 17.9. The zero-order valence-corrected chi connectivity index (χ0v) is 12.2. The van der Waals surface area contributed by atoms with Gasteiger partial charge in [0.15, 0.2) is 5.82 Å². The van der Waals surface area contributed by atoms with E-state index in [1.807, 2.05) is 6.92 Å². The van der Waals surface area contributed by atoms with Crippen LogP contribution < -0.4 is 0 Å². The second-order valence-corrected chi connectivity index (χ2v) is 5.37. The van der Waals surface area contributed by atoms with Gasteiger partial charge in [-0.2, -0.15) is 0 Å². The highest BCUT2D eigenvalue weighted by Gasteiger charge is 2.37. The number of hydrogen-bond donors (Lipinski definition) is 1. The first-order chi connectivity index (χ1) is 9.63. The topological polar surface area (TPSA) is 72.3 Å². The van der Waals surface area contributed by atoms with Gasteiger partial charge in [0.05, 0.1) is 11.3 Å². The van der Waals surface area contributed by atoms with Crippen molar-refractivity contribution in [3.63, 3.8) is 0 Å². The molecule has 5 nitrogen and oxygen atoms in total. The van der Waals surface area contributed by atoms with E-state index in [1.54, 1.807) is 7.11 Å². The van der Waals surface area contributed by atoms with Gasteiger partial charge in [-0.25, -0.2) is 14.8 Å². The van der Waals surface area contributed by atoms with Crippen LogP contribution in [-0.4, -0.2) is 28.2 Å². The first kappa shape index (κ1) is 14.9. The number of rotatable bonds is 5. The van der Waals surface area contributed by atoms with Gasteiger partial charge < -0.3 is 9.84 Å². The zero-order valence-electron chi connectivity index (χ0n) is 12.2. The molecule has 1 N–H and O–H groups in total. The van der Waals surface area contributed by atoms with Crippen LogP contribution in [0.25, 0.3) is 0 Å². The fourth-order valence-corrected chi connectivity index (χ4v) is 2.88. The van der Waals surface area contributed by atoms with E-state index in [-0.39, 0.29) is 5.56 Å². The molecule has 0 spiro atoms. The Bertz CT molecular complexity index is 482. The number of ether oxygens (including phenoxy) is 1. The molecule has 2 rings (SSSR count). The Morgan fingerprint density at radius 2 is 2.10 bits per heavy atom. The van der Waals surface area contributed by atoms with Crippen LogP contribution in [0.3, 0.4) is 0 Å². The number of hydrogen-bond acceptors (Lipinski definition) is 4. The summed E-state index contributed by atoms with van der Waals surface area (Å²) < 4.78 is 5.73. The fraction of sp³-hybridized carbons (Fsp3) is 0.667. The third-order valence-electron chi connectivity index (χ3n) is 4.04. The molecule has 0 unspecified atom stereocenters. The van der Waals surface area contributed by atoms with E-state index in [2.05, 4.69) is 9.97 Å². The average Bonchev–Trinajstić information content (AvgIpc) is 2.48. The SMILES string of the molecule is CCCc1nc(C2(OC)CCCCC2)ncc1C(=O)O. The Kier molecular flexibility index (Phi) is 4.70. The third-order valence-corrected chi connectivity index (χ3v) is 4.04. The van der Waals surface area contributed by atoms with E-state index < -0.39 is 11.6 Å². The largest absolute Gasteiger partial charge is 0.478 e. The lowest BCUT2D eigenvalue weighted by Gasteiger charge is -2.34. The monoisotopic (exact) mass is 278 g/mol. The number of nitrogens with zero attached hydrogens (tertiary/aromatic N) is 2. The van der Waals surface area contributed by atoms with Crippen molar-refractivity contribution in [1.29, 1.82) is 0 Å². The zero-order chi connectivity index (χ0) is 14.6.